The van der Waals surface area contributed by atoms with Crippen molar-refractivity contribution in [1.82, 2.24) is 0 Å². The van der Waals surface area contributed by atoms with E-state index in [1.807, 2.05) is 0 Å². The molecule has 18 heavy (non-hydrogen) atoms. The van der Waals surface area contributed by atoms with Crippen LogP contribution in [0.5, 0.6) is 5.75 Å². The van der Waals surface area contributed by atoms with Crippen LogP contribution in [0.4, 0.5) is 8.78 Å². The van der Waals surface area contributed by atoms with Crippen LogP contribution in [-0.4, -0.2) is 24.2 Å². The van der Waals surface area contributed by atoms with E-state index in [9.17, 15) is 13.6 Å². The summed E-state index contributed by atoms with van der Waals surface area (Å²) >= 11 is 1.41. The van der Waals surface area contributed by atoms with Crippen LogP contribution in [0.3, 0.4) is 0 Å². The largest absolute Gasteiger partial charge is 0.435 e. The minimum atomic E-state index is -2.84. The number of halogens is 2. The Labute approximate surface area is 109 Å². The third-order valence-corrected chi connectivity index (χ3v) is 3.38. The smallest absolute Gasteiger partial charge is 0.387 e. The number of carbonyl (C=O) groups excluding carboxylic acids is 1. The molecule has 6 heteroatoms. The maximum atomic E-state index is 12.2. The molecule has 0 amide bonds. The number of hydrogen-bond donors (Lipinski definition) is 1. The van der Waals surface area contributed by atoms with Gasteiger partial charge in [0.1, 0.15) is 11.5 Å². The van der Waals surface area contributed by atoms with Crippen molar-refractivity contribution in [3.05, 3.63) is 29.8 Å². The maximum absolute atomic E-state index is 12.2. The third-order valence-electron chi connectivity index (χ3n) is 2.27. The highest BCUT2D eigenvalue weighted by Crippen LogP contribution is 2.24. The van der Waals surface area contributed by atoms with Crippen molar-refractivity contribution in [3.63, 3.8) is 0 Å². The molecule has 0 unspecified atom stereocenters. The van der Waals surface area contributed by atoms with Gasteiger partial charge in [0.05, 0.1) is 6.04 Å². The Bertz CT molecular complexity index is 401. The number of benzene rings is 1. The summed E-state index contributed by atoms with van der Waals surface area (Å²) in [5, 5.41) is 0. The number of carbonyl (C=O) groups is 1. The Morgan fingerprint density at radius 1 is 1.44 bits per heavy atom. The SMILES string of the molecule is CC(=O)[C@@H](N)CSCc1ccccc1OC(F)F. The van der Waals surface area contributed by atoms with Crippen molar-refractivity contribution in [3.8, 4) is 5.75 Å². The highest BCUT2D eigenvalue weighted by Gasteiger charge is 2.11. The van der Waals surface area contributed by atoms with Gasteiger partial charge < -0.3 is 10.5 Å². The monoisotopic (exact) mass is 275 g/mol. The lowest BCUT2D eigenvalue weighted by molar-refractivity contribution is -0.117. The summed E-state index contributed by atoms with van der Waals surface area (Å²) in [6, 6.07) is 6.07. The predicted octanol–water partition coefficient (Wildman–Crippen LogP) is 2.44. The standard InChI is InChI=1S/C12H15F2NO2S/c1-8(16)10(15)7-18-6-9-4-2-3-5-11(9)17-12(13)14/h2-5,10,12H,6-7,15H2,1H3/t10-/m0/s1. The molecular formula is C12H15F2NO2S. The predicted molar refractivity (Wildman–Crippen MR) is 67.9 cm³/mol. The van der Waals surface area contributed by atoms with Crippen molar-refractivity contribution in [2.45, 2.75) is 25.3 Å². The number of Topliss-reactive ketones (excluding diaryl/α,β-unsaturated/α-hetero) is 1. The Hall–Kier alpha value is -1.14. The van der Waals surface area contributed by atoms with Crippen LogP contribution >= 0.6 is 11.8 Å². The molecule has 0 bridgehead atoms. The second-order valence-corrected chi connectivity index (χ2v) is 4.75. The number of ether oxygens (including phenoxy) is 1. The van der Waals surface area contributed by atoms with Crippen molar-refractivity contribution >= 4 is 17.5 Å². The van der Waals surface area contributed by atoms with Gasteiger partial charge in [0.25, 0.3) is 0 Å². The van der Waals surface area contributed by atoms with Gasteiger partial charge in [-0.25, -0.2) is 0 Å². The molecule has 2 N–H and O–H groups in total. The van der Waals surface area contributed by atoms with Crippen molar-refractivity contribution < 1.29 is 18.3 Å². The molecule has 0 saturated heterocycles. The summed E-state index contributed by atoms with van der Waals surface area (Å²) < 4.78 is 28.7. The molecule has 0 radical (unpaired) electrons. The van der Waals surface area contributed by atoms with Crippen molar-refractivity contribution in [2.24, 2.45) is 5.73 Å². The molecule has 1 aromatic carbocycles. The van der Waals surface area contributed by atoms with Gasteiger partial charge in [0.15, 0.2) is 0 Å². The van der Waals surface area contributed by atoms with Crippen LogP contribution in [0.1, 0.15) is 12.5 Å². The second-order valence-electron chi connectivity index (χ2n) is 3.72. The minimum Gasteiger partial charge on any atom is -0.435 e. The van der Waals surface area contributed by atoms with E-state index in [2.05, 4.69) is 4.74 Å². The fourth-order valence-corrected chi connectivity index (χ4v) is 2.31. The molecule has 0 spiro atoms. The quantitative estimate of drug-likeness (QED) is 0.830. The lowest BCUT2D eigenvalue weighted by atomic mass is 10.2. The normalized spacial score (nSPS) is 12.5. The Balaban J connectivity index is 2.53. The first-order valence-corrected chi connectivity index (χ1v) is 6.52. The molecular weight excluding hydrogens is 260 g/mol. The van der Waals surface area contributed by atoms with Crippen LogP contribution in [0.25, 0.3) is 0 Å². The average Bonchev–Trinajstić information content (AvgIpc) is 2.30. The number of para-hydroxylation sites is 1. The first-order valence-electron chi connectivity index (χ1n) is 5.37. The molecule has 0 heterocycles. The summed E-state index contributed by atoms with van der Waals surface area (Å²) in [4.78, 5) is 10.9. The van der Waals surface area contributed by atoms with Gasteiger partial charge in [0, 0.05) is 17.1 Å². The van der Waals surface area contributed by atoms with Gasteiger partial charge in [-0.3, -0.25) is 4.79 Å². The van der Waals surface area contributed by atoms with E-state index in [1.165, 1.54) is 24.8 Å². The molecule has 1 atom stereocenters. The van der Waals surface area contributed by atoms with Gasteiger partial charge in [-0.2, -0.15) is 20.5 Å². The lowest BCUT2D eigenvalue weighted by Gasteiger charge is -2.11. The first kappa shape index (κ1) is 14.9. The zero-order valence-corrected chi connectivity index (χ0v) is 10.8. The molecule has 3 nitrogen and oxygen atoms in total. The molecule has 0 saturated carbocycles. The van der Waals surface area contributed by atoms with E-state index in [0.717, 1.165) is 0 Å². The zero-order valence-electron chi connectivity index (χ0n) is 9.94. The molecule has 0 aliphatic heterocycles. The van der Waals surface area contributed by atoms with Crippen LogP contribution in [0.2, 0.25) is 0 Å². The third kappa shape index (κ3) is 5.01. The first-order chi connectivity index (χ1) is 8.50. The molecule has 0 aliphatic carbocycles. The van der Waals surface area contributed by atoms with Gasteiger partial charge in [-0.15, -0.1) is 0 Å². The molecule has 100 valence electrons. The Morgan fingerprint density at radius 2 is 2.11 bits per heavy atom. The fraction of sp³-hybridized carbons (Fsp3) is 0.417. The summed E-state index contributed by atoms with van der Waals surface area (Å²) in [5.41, 5.74) is 6.24. The summed E-state index contributed by atoms with van der Waals surface area (Å²) in [6.45, 7) is -1.41. The second kappa shape index (κ2) is 7.33. The highest BCUT2D eigenvalue weighted by molar-refractivity contribution is 7.98. The van der Waals surface area contributed by atoms with Gasteiger partial charge in [0.2, 0.25) is 0 Å². The summed E-state index contributed by atoms with van der Waals surface area (Å²) in [7, 11) is 0. The Kier molecular flexibility index (Phi) is 6.07. The lowest BCUT2D eigenvalue weighted by Crippen LogP contribution is -2.30. The average molecular weight is 275 g/mol. The van der Waals surface area contributed by atoms with E-state index in [4.69, 9.17) is 5.73 Å². The summed E-state index contributed by atoms with van der Waals surface area (Å²) in [5.74, 6) is 1.01. The molecule has 1 rings (SSSR count). The van der Waals surface area contributed by atoms with Crippen LogP contribution in [0.15, 0.2) is 24.3 Å². The van der Waals surface area contributed by atoms with Crippen LogP contribution in [-0.2, 0) is 10.5 Å². The molecule has 0 aliphatic rings. The van der Waals surface area contributed by atoms with E-state index in [1.54, 1.807) is 18.2 Å². The number of alkyl halides is 2. The molecule has 0 fully saturated rings. The number of hydrogen-bond acceptors (Lipinski definition) is 4. The number of nitrogens with two attached hydrogens (primary N) is 1. The number of thioether (sulfide) groups is 1. The molecule has 1 aromatic rings. The zero-order chi connectivity index (χ0) is 13.5. The number of ketones is 1. The number of rotatable bonds is 7. The van der Waals surface area contributed by atoms with E-state index < -0.39 is 12.7 Å². The van der Waals surface area contributed by atoms with E-state index in [-0.39, 0.29) is 11.5 Å². The topological polar surface area (TPSA) is 52.3 Å². The van der Waals surface area contributed by atoms with Gasteiger partial charge in [-0.05, 0) is 13.0 Å². The van der Waals surface area contributed by atoms with Crippen molar-refractivity contribution in [2.75, 3.05) is 5.75 Å². The van der Waals surface area contributed by atoms with E-state index >= 15 is 0 Å². The Morgan fingerprint density at radius 3 is 2.72 bits per heavy atom. The highest BCUT2D eigenvalue weighted by atomic mass is 32.2. The summed E-state index contributed by atoms with van der Waals surface area (Å²) in [6.07, 6.45) is 0. The van der Waals surface area contributed by atoms with Gasteiger partial charge >= 0.3 is 6.61 Å². The van der Waals surface area contributed by atoms with Crippen LogP contribution < -0.4 is 10.5 Å². The molecule has 0 aromatic heterocycles. The van der Waals surface area contributed by atoms with Crippen molar-refractivity contribution in [1.29, 1.82) is 0 Å². The van der Waals surface area contributed by atoms with Crippen LogP contribution in [0, 0.1) is 0 Å². The fourth-order valence-electron chi connectivity index (χ4n) is 1.25. The van der Waals surface area contributed by atoms with Gasteiger partial charge in [-0.1, -0.05) is 18.2 Å². The van der Waals surface area contributed by atoms with E-state index in [0.29, 0.717) is 17.1 Å². The maximum Gasteiger partial charge on any atom is 0.387 e. The minimum absolute atomic E-state index is 0.0837.